The average molecular weight is 564 g/mol. The van der Waals surface area contributed by atoms with Crippen LogP contribution in [-0.2, 0) is 16.1 Å². The molecule has 1 aliphatic rings. The number of aromatic nitrogens is 1. The van der Waals surface area contributed by atoms with Gasteiger partial charge < -0.3 is 29.7 Å². The van der Waals surface area contributed by atoms with Crippen LogP contribution in [0.4, 0.5) is 17.1 Å². The Morgan fingerprint density at radius 1 is 1.12 bits per heavy atom. The minimum Gasteiger partial charge on any atom is -0.489 e. The second-order valence-electron chi connectivity index (χ2n) is 10.2. The first-order valence-electron chi connectivity index (χ1n) is 13.8. The molecule has 1 aromatic heterocycles. The highest BCUT2D eigenvalue weighted by Crippen LogP contribution is 2.39. The quantitative estimate of drug-likeness (QED) is 0.225. The topological polar surface area (TPSA) is 109 Å². The molecular weight excluding hydrogens is 530 g/mol. The number of nitrogens with one attached hydrogen (secondary N) is 2. The van der Waals surface area contributed by atoms with E-state index < -0.39 is 0 Å². The van der Waals surface area contributed by atoms with Gasteiger partial charge in [0.2, 0.25) is 5.91 Å². The van der Waals surface area contributed by atoms with Crippen LogP contribution in [0, 0.1) is 11.3 Å². The van der Waals surface area contributed by atoms with Crippen molar-refractivity contribution in [1.29, 1.82) is 5.26 Å². The van der Waals surface area contributed by atoms with Crippen molar-refractivity contribution in [3.63, 3.8) is 0 Å². The van der Waals surface area contributed by atoms with Gasteiger partial charge in [-0.15, -0.1) is 0 Å². The van der Waals surface area contributed by atoms with Crippen LogP contribution < -0.4 is 20.1 Å². The SMILES string of the molecule is CN(C)C/C=C/C(=O)Nc1c(OC2CCOC2)ccc2c(Nc3ccc(OCc4ccccc4)cc3)c(C#N)cnc12. The Balaban J connectivity index is 1.44. The molecule has 1 fully saturated rings. The van der Waals surface area contributed by atoms with E-state index >= 15 is 0 Å². The van der Waals surface area contributed by atoms with Crippen LogP contribution in [0.5, 0.6) is 11.5 Å². The van der Waals surface area contributed by atoms with E-state index in [4.69, 9.17) is 14.2 Å². The number of nitriles is 1. The van der Waals surface area contributed by atoms with Crippen molar-refractivity contribution in [3.8, 4) is 17.6 Å². The zero-order chi connectivity index (χ0) is 29.3. The molecule has 0 radical (unpaired) electrons. The Morgan fingerprint density at radius 2 is 1.93 bits per heavy atom. The van der Waals surface area contributed by atoms with Crippen LogP contribution in [0.25, 0.3) is 10.9 Å². The van der Waals surface area contributed by atoms with Crippen molar-refractivity contribution in [1.82, 2.24) is 9.88 Å². The number of fused-ring (bicyclic) bond motifs is 1. The number of carbonyl (C=O) groups is 1. The molecule has 1 aliphatic heterocycles. The van der Waals surface area contributed by atoms with Gasteiger partial charge in [0.1, 0.15) is 36.0 Å². The molecule has 4 aromatic rings. The van der Waals surface area contributed by atoms with Crippen LogP contribution in [0.3, 0.4) is 0 Å². The molecule has 0 spiro atoms. The molecule has 3 aromatic carbocycles. The minimum atomic E-state index is -0.302. The Morgan fingerprint density at radius 3 is 2.64 bits per heavy atom. The number of pyridine rings is 1. The van der Waals surface area contributed by atoms with Crippen LogP contribution >= 0.6 is 0 Å². The van der Waals surface area contributed by atoms with Gasteiger partial charge in [-0.2, -0.15) is 5.26 Å². The third kappa shape index (κ3) is 7.23. The molecule has 1 atom stereocenters. The molecular formula is C33H33N5O4. The number of anilines is 3. The van der Waals surface area contributed by atoms with Crippen LogP contribution in [0.2, 0.25) is 0 Å². The Kier molecular flexibility index (Phi) is 9.29. The Labute approximate surface area is 245 Å². The summed E-state index contributed by atoms with van der Waals surface area (Å²) in [6, 6.07) is 23.4. The average Bonchev–Trinajstić information content (AvgIpc) is 3.51. The normalized spacial score (nSPS) is 14.7. The van der Waals surface area contributed by atoms with Crippen LogP contribution in [0.15, 0.2) is 85.1 Å². The van der Waals surface area contributed by atoms with E-state index in [1.807, 2.05) is 79.7 Å². The lowest BCUT2D eigenvalue weighted by Crippen LogP contribution is -2.18. The van der Waals surface area contributed by atoms with Crippen molar-refractivity contribution < 1.29 is 19.0 Å². The summed E-state index contributed by atoms with van der Waals surface area (Å²) in [6.07, 6.45) is 5.41. The third-order valence-corrected chi connectivity index (χ3v) is 6.66. The number of carbonyl (C=O) groups excluding carboxylic acids is 1. The van der Waals surface area contributed by atoms with Crippen molar-refractivity contribution in [3.05, 3.63) is 96.2 Å². The van der Waals surface area contributed by atoms with Crippen molar-refractivity contribution in [2.75, 3.05) is 44.5 Å². The van der Waals surface area contributed by atoms with Gasteiger partial charge in [-0.3, -0.25) is 9.78 Å². The molecule has 1 saturated heterocycles. The van der Waals surface area contributed by atoms with Gasteiger partial charge in [0.15, 0.2) is 0 Å². The summed E-state index contributed by atoms with van der Waals surface area (Å²) in [4.78, 5) is 19.4. The maximum Gasteiger partial charge on any atom is 0.248 e. The third-order valence-electron chi connectivity index (χ3n) is 6.66. The maximum atomic E-state index is 12.9. The van der Waals surface area contributed by atoms with Crippen LogP contribution in [0.1, 0.15) is 17.5 Å². The number of hydrogen-bond donors (Lipinski definition) is 2. The van der Waals surface area contributed by atoms with Gasteiger partial charge >= 0.3 is 0 Å². The van der Waals surface area contributed by atoms with Gasteiger partial charge in [0.05, 0.1) is 30.0 Å². The summed E-state index contributed by atoms with van der Waals surface area (Å²) in [7, 11) is 3.86. The smallest absolute Gasteiger partial charge is 0.248 e. The largest absolute Gasteiger partial charge is 0.489 e. The summed E-state index contributed by atoms with van der Waals surface area (Å²) in [6.45, 7) is 2.20. The minimum absolute atomic E-state index is 0.124. The fourth-order valence-electron chi connectivity index (χ4n) is 4.53. The second-order valence-corrected chi connectivity index (χ2v) is 10.2. The molecule has 2 N–H and O–H groups in total. The molecule has 1 unspecified atom stereocenters. The van der Waals surface area contributed by atoms with Gasteiger partial charge in [0, 0.05) is 36.3 Å². The van der Waals surface area contributed by atoms with Gasteiger partial charge in [0.25, 0.3) is 0 Å². The standard InChI is InChI=1S/C33H33N5O4/c1-38(2)17-6-9-30(39)37-33-29(42-27-16-18-40-22-27)15-14-28-31(24(19-34)20-35-32(28)33)36-25-10-12-26(13-11-25)41-21-23-7-4-3-5-8-23/h3-15,20,27H,16-18,21-22H2,1-2H3,(H,35,36)(H,37,39)/b9-6+. The zero-order valence-corrected chi connectivity index (χ0v) is 23.7. The van der Waals surface area contributed by atoms with Gasteiger partial charge in [-0.1, -0.05) is 36.4 Å². The summed E-state index contributed by atoms with van der Waals surface area (Å²) >= 11 is 0. The molecule has 9 heteroatoms. The summed E-state index contributed by atoms with van der Waals surface area (Å²) in [5, 5.41) is 16.9. The number of ether oxygens (including phenoxy) is 3. The van der Waals surface area contributed by atoms with E-state index in [1.54, 1.807) is 12.1 Å². The van der Waals surface area contributed by atoms with E-state index in [0.29, 0.717) is 60.0 Å². The highest BCUT2D eigenvalue weighted by molar-refractivity contribution is 6.10. The number of likely N-dealkylation sites (N-methyl/N-ethyl adjacent to an activating group) is 1. The first kappa shape index (κ1) is 28.6. The van der Waals surface area contributed by atoms with E-state index in [0.717, 1.165) is 23.4 Å². The molecule has 214 valence electrons. The van der Waals surface area contributed by atoms with E-state index in [9.17, 15) is 10.1 Å². The number of amides is 1. The lowest BCUT2D eigenvalue weighted by molar-refractivity contribution is -0.111. The van der Waals surface area contributed by atoms with E-state index in [2.05, 4.69) is 21.7 Å². The molecule has 1 amide bonds. The number of rotatable bonds is 11. The number of hydrogen-bond acceptors (Lipinski definition) is 8. The van der Waals surface area contributed by atoms with Crippen molar-refractivity contribution in [2.45, 2.75) is 19.1 Å². The second kappa shape index (κ2) is 13.6. The molecule has 2 heterocycles. The Bertz CT molecular complexity index is 1590. The molecule has 0 saturated carbocycles. The highest BCUT2D eigenvalue weighted by Gasteiger charge is 2.22. The Hall–Kier alpha value is -4.91. The number of benzene rings is 3. The lowest BCUT2D eigenvalue weighted by atomic mass is 10.1. The highest BCUT2D eigenvalue weighted by atomic mass is 16.5. The monoisotopic (exact) mass is 563 g/mol. The fourth-order valence-corrected chi connectivity index (χ4v) is 4.53. The summed E-state index contributed by atoms with van der Waals surface area (Å²) in [5.74, 6) is 0.925. The van der Waals surface area contributed by atoms with Crippen LogP contribution in [-0.4, -0.2) is 55.7 Å². The molecule has 0 aliphatic carbocycles. The number of nitrogens with zero attached hydrogens (tertiary/aromatic N) is 3. The first-order chi connectivity index (χ1) is 20.5. The van der Waals surface area contributed by atoms with E-state index in [1.165, 1.54) is 12.3 Å². The predicted molar refractivity (Wildman–Crippen MR) is 163 cm³/mol. The first-order valence-corrected chi connectivity index (χ1v) is 13.8. The molecule has 0 bridgehead atoms. The fraction of sp³-hybridized carbons (Fsp3) is 0.242. The maximum absolute atomic E-state index is 12.9. The molecule has 42 heavy (non-hydrogen) atoms. The zero-order valence-electron chi connectivity index (χ0n) is 23.7. The molecule has 9 nitrogen and oxygen atoms in total. The molecule has 5 rings (SSSR count). The predicted octanol–water partition coefficient (Wildman–Crippen LogP) is 5.65. The van der Waals surface area contributed by atoms with Crippen molar-refractivity contribution in [2.24, 2.45) is 0 Å². The van der Waals surface area contributed by atoms with E-state index in [-0.39, 0.29) is 12.0 Å². The van der Waals surface area contributed by atoms with Gasteiger partial charge in [-0.25, -0.2) is 0 Å². The summed E-state index contributed by atoms with van der Waals surface area (Å²) < 4.78 is 17.6. The summed E-state index contributed by atoms with van der Waals surface area (Å²) in [5.41, 5.74) is 3.75. The van der Waals surface area contributed by atoms with Gasteiger partial charge in [-0.05, 0) is 56.1 Å². The van der Waals surface area contributed by atoms with Crippen molar-refractivity contribution >= 4 is 33.9 Å². The lowest BCUT2D eigenvalue weighted by Gasteiger charge is -2.19.